The number of carbonyl (C=O) groups is 1. The molecule has 0 aromatic heterocycles. The summed E-state index contributed by atoms with van der Waals surface area (Å²) in [6.07, 6.45) is 0.714. The lowest BCUT2D eigenvalue weighted by molar-refractivity contribution is -0.160. The van der Waals surface area contributed by atoms with Gasteiger partial charge in [0.05, 0.1) is 18.6 Å². The molecule has 1 aliphatic heterocycles. The molecular formula is C15H21NO3. The summed E-state index contributed by atoms with van der Waals surface area (Å²) < 4.78 is 10.8. The molecule has 1 aliphatic rings. The molecule has 1 aromatic rings. The third-order valence-electron chi connectivity index (χ3n) is 3.47. The Labute approximate surface area is 114 Å². The van der Waals surface area contributed by atoms with E-state index in [0.717, 1.165) is 5.56 Å². The number of benzene rings is 1. The van der Waals surface area contributed by atoms with Gasteiger partial charge in [-0.25, -0.2) is 0 Å². The van der Waals surface area contributed by atoms with Gasteiger partial charge in [0, 0.05) is 19.7 Å². The van der Waals surface area contributed by atoms with Crippen LogP contribution in [0.25, 0.3) is 0 Å². The van der Waals surface area contributed by atoms with Crippen molar-refractivity contribution in [1.29, 1.82) is 0 Å². The van der Waals surface area contributed by atoms with Gasteiger partial charge in [-0.3, -0.25) is 4.79 Å². The third-order valence-corrected chi connectivity index (χ3v) is 3.47. The van der Waals surface area contributed by atoms with Gasteiger partial charge in [0.2, 0.25) is 0 Å². The predicted octanol–water partition coefficient (Wildman–Crippen LogP) is 1.75. The minimum atomic E-state index is -0.368. The number of hydrogen-bond acceptors (Lipinski definition) is 4. The van der Waals surface area contributed by atoms with Crippen molar-refractivity contribution >= 4 is 5.97 Å². The van der Waals surface area contributed by atoms with Crippen LogP contribution in [-0.4, -0.2) is 32.3 Å². The van der Waals surface area contributed by atoms with Gasteiger partial charge in [-0.2, -0.15) is 0 Å². The Morgan fingerprint density at radius 1 is 1.32 bits per heavy atom. The molecule has 0 bridgehead atoms. The molecule has 4 heteroatoms. The fourth-order valence-corrected chi connectivity index (χ4v) is 2.17. The Balaban J connectivity index is 1.73. The van der Waals surface area contributed by atoms with Crippen LogP contribution in [0.2, 0.25) is 0 Å². The van der Waals surface area contributed by atoms with Gasteiger partial charge in [-0.05, 0) is 18.9 Å². The van der Waals surface area contributed by atoms with Crippen LogP contribution in [0.1, 0.15) is 18.9 Å². The molecule has 0 amide bonds. The summed E-state index contributed by atoms with van der Waals surface area (Å²) >= 11 is 0. The Morgan fingerprint density at radius 3 is 2.63 bits per heavy atom. The highest BCUT2D eigenvalue weighted by Crippen LogP contribution is 2.28. The van der Waals surface area contributed by atoms with Crippen LogP contribution in [0.15, 0.2) is 30.3 Å². The molecule has 1 N–H and O–H groups in total. The van der Waals surface area contributed by atoms with E-state index in [1.165, 1.54) is 0 Å². The molecule has 2 rings (SSSR count). The number of ether oxygens (including phenoxy) is 2. The molecule has 0 saturated carbocycles. The molecule has 0 aliphatic carbocycles. The minimum Gasteiger partial charge on any atom is -0.465 e. The van der Waals surface area contributed by atoms with Crippen molar-refractivity contribution in [3.05, 3.63) is 35.9 Å². The third kappa shape index (κ3) is 3.55. The average Bonchev–Trinajstić information content (AvgIpc) is 2.38. The summed E-state index contributed by atoms with van der Waals surface area (Å²) in [6.45, 7) is 4.83. The van der Waals surface area contributed by atoms with E-state index in [1.807, 2.05) is 37.3 Å². The monoisotopic (exact) mass is 263 g/mol. The van der Waals surface area contributed by atoms with Crippen molar-refractivity contribution in [1.82, 2.24) is 5.32 Å². The summed E-state index contributed by atoms with van der Waals surface area (Å²) in [7, 11) is 0. The molecule has 1 heterocycles. The van der Waals surface area contributed by atoms with Crippen LogP contribution >= 0.6 is 0 Å². The molecule has 0 atom stereocenters. The standard InChI is InChI=1S/C15H21NO3/c1-2-19-14(17)15(11-16-12-15)8-9-18-10-13-6-4-3-5-7-13/h3-7,16H,2,8-12H2,1H3. The normalized spacial score (nSPS) is 16.7. The van der Waals surface area contributed by atoms with Crippen molar-refractivity contribution < 1.29 is 14.3 Å². The van der Waals surface area contributed by atoms with Gasteiger partial charge >= 0.3 is 5.97 Å². The summed E-state index contributed by atoms with van der Waals surface area (Å²) in [6, 6.07) is 10.0. The zero-order chi connectivity index (χ0) is 13.6. The molecule has 1 aromatic carbocycles. The second-order valence-electron chi connectivity index (χ2n) is 4.89. The lowest BCUT2D eigenvalue weighted by atomic mass is 9.79. The zero-order valence-corrected chi connectivity index (χ0v) is 11.4. The van der Waals surface area contributed by atoms with E-state index in [1.54, 1.807) is 0 Å². The average molecular weight is 263 g/mol. The molecular weight excluding hydrogens is 242 g/mol. The predicted molar refractivity (Wildman–Crippen MR) is 72.7 cm³/mol. The maximum atomic E-state index is 11.9. The van der Waals surface area contributed by atoms with E-state index in [9.17, 15) is 4.79 Å². The SMILES string of the molecule is CCOC(=O)C1(CCOCc2ccccc2)CNC1. The summed E-state index contributed by atoms with van der Waals surface area (Å²) in [5, 5.41) is 3.14. The topological polar surface area (TPSA) is 47.6 Å². The Hall–Kier alpha value is -1.39. The van der Waals surface area contributed by atoms with E-state index >= 15 is 0 Å². The van der Waals surface area contributed by atoms with E-state index < -0.39 is 0 Å². The van der Waals surface area contributed by atoms with Gasteiger partial charge in [-0.15, -0.1) is 0 Å². The van der Waals surface area contributed by atoms with Gasteiger partial charge in [-0.1, -0.05) is 30.3 Å². The quantitative estimate of drug-likeness (QED) is 0.601. The highest BCUT2D eigenvalue weighted by molar-refractivity contribution is 5.78. The van der Waals surface area contributed by atoms with E-state index in [2.05, 4.69) is 5.32 Å². The van der Waals surface area contributed by atoms with Crippen LogP contribution < -0.4 is 5.32 Å². The number of rotatable bonds is 7. The fraction of sp³-hybridized carbons (Fsp3) is 0.533. The van der Waals surface area contributed by atoms with E-state index in [4.69, 9.17) is 9.47 Å². The lowest BCUT2D eigenvalue weighted by Gasteiger charge is -2.39. The van der Waals surface area contributed by atoms with Gasteiger partial charge < -0.3 is 14.8 Å². The number of nitrogens with one attached hydrogen (secondary N) is 1. The second-order valence-corrected chi connectivity index (χ2v) is 4.89. The van der Waals surface area contributed by atoms with Crippen LogP contribution in [0.4, 0.5) is 0 Å². The summed E-state index contributed by atoms with van der Waals surface area (Å²) in [5.41, 5.74) is 0.784. The minimum absolute atomic E-state index is 0.0999. The van der Waals surface area contributed by atoms with Crippen LogP contribution in [0, 0.1) is 5.41 Å². The van der Waals surface area contributed by atoms with Crippen LogP contribution in [0.3, 0.4) is 0 Å². The maximum absolute atomic E-state index is 11.9. The number of hydrogen-bond donors (Lipinski definition) is 1. The lowest BCUT2D eigenvalue weighted by Crippen LogP contribution is -2.59. The summed E-state index contributed by atoms with van der Waals surface area (Å²) in [5.74, 6) is -0.0999. The number of carbonyl (C=O) groups excluding carboxylic acids is 1. The van der Waals surface area contributed by atoms with Crippen LogP contribution in [0.5, 0.6) is 0 Å². The molecule has 19 heavy (non-hydrogen) atoms. The molecule has 0 spiro atoms. The largest absolute Gasteiger partial charge is 0.465 e. The second kappa shape index (κ2) is 6.68. The molecule has 1 saturated heterocycles. The van der Waals surface area contributed by atoms with Crippen molar-refractivity contribution in [2.45, 2.75) is 20.0 Å². The highest BCUT2D eigenvalue weighted by Gasteiger charge is 2.45. The summed E-state index contributed by atoms with van der Waals surface area (Å²) in [4.78, 5) is 11.9. The molecule has 4 nitrogen and oxygen atoms in total. The van der Waals surface area contributed by atoms with Crippen molar-refractivity contribution in [2.24, 2.45) is 5.41 Å². The first kappa shape index (κ1) is 14.0. The zero-order valence-electron chi connectivity index (χ0n) is 11.4. The fourth-order valence-electron chi connectivity index (χ4n) is 2.17. The first-order valence-electron chi connectivity index (χ1n) is 6.76. The van der Waals surface area contributed by atoms with E-state index in [0.29, 0.717) is 39.3 Å². The smallest absolute Gasteiger partial charge is 0.314 e. The number of esters is 1. The molecule has 104 valence electrons. The first-order valence-corrected chi connectivity index (χ1v) is 6.76. The van der Waals surface area contributed by atoms with E-state index in [-0.39, 0.29) is 11.4 Å². The Morgan fingerprint density at radius 2 is 2.05 bits per heavy atom. The first-order chi connectivity index (χ1) is 9.27. The van der Waals surface area contributed by atoms with Crippen molar-refractivity contribution in [3.8, 4) is 0 Å². The Kier molecular flexibility index (Phi) is 4.93. The Bertz CT molecular complexity index is 401. The molecule has 0 radical (unpaired) electrons. The van der Waals surface area contributed by atoms with Crippen molar-refractivity contribution in [2.75, 3.05) is 26.3 Å². The highest BCUT2D eigenvalue weighted by atomic mass is 16.5. The van der Waals surface area contributed by atoms with Crippen molar-refractivity contribution in [3.63, 3.8) is 0 Å². The molecule has 0 unspecified atom stereocenters. The van der Waals surface area contributed by atoms with Gasteiger partial charge in [0.15, 0.2) is 0 Å². The van der Waals surface area contributed by atoms with Gasteiger partial charge in [0.1, 0.15) is 0 Å². The van der Waals surface area contributed by atoms with Gasteiger partial charge in [0.25, 0.3) is 0 Å². The molecule has 1 fully saturated rings. The maximum Gasteiger partial charge on any atom is 0.314 e. The van der Waals surface area contributed by atoms with Crippen LogP contribution in [-0.2, 0) is 20.9 Å².